The van der Waals surface area contributed by atoms with Crippen LogP contribution < -0.4 is 5.73 Å². The number of halogens is 1. The summed E-state index contributed by atoms with van der Waals surface area (Å²) in [5.41, 5.74) is 9.06. The molecule has 0 aliphatic heterocycles. The average Bonchev–Trinajstić information content (AvgIpc) is 2.72. The highest BCUT2D eigenvalue weighted by Crippen LogP contribution is 2.30. The second-order valence-electron chi connectivity index (χ2n) is 4.88. The van der Waals surface area contributed by atoms with Gasteiger partial charge in [0.1, 0.15) is 17.3 Å². The molecule has 3 nitrogen and oxygen atoms in total. The van der Waals surface area contributed by atoms with E-state index in [4.69, 9.17) is 22.3 Å². The Kier molecular flexibility index (Phi) is 4.50. The van der Waals surface area contributed by atoms with E-state index in [1.54, 1.807) is 0 Å². The first kappa shape index (κ1) is 14.7. The molecule has 0 saturated carbocycles. The Hall–Kier alpha value is -1.74. The largest absolute Gasteiger partial charge is 0.383 e. The monoisotopic (exact) mass is 289 g/mol. The summed E-state index contributed by atoms with van der Waals surface area (Å²) in [5.74, 6) is 1.67. The van der Waals surface area contributed by atoms with Gasteiger partial charge in [0.15, 0.2) is 0 Å². The summed E-state index contributed by atoms with van der Waals surface area (Å²) in [6.45, 7) is 8.57. The van der Waals surface area contributed by atoms with Crippen LogP contribution >= 0.6 is 11.6 Å². The van der Waals surface area contributed by atoms with E-state index in [-0.39, 0.29) is 0 Å². The van der Waals surface area contributed by atoms with Crippen LogP contribution in [-0.4, -0.2) is 9.55 Å². The summed E-state index contributed by atoms with van der Waals surface area (Å²) < 4.78 is 2.01. The molecule has 2 rings (SSSR count). The fourth-order valence-corrected chi connectivity index (χ4v) is 2.39. The van der Waals surface area contributed by atoms with Gasteiger partial charge in [-0.15, -0.1) is 6.58 Å². The van der Waals surface area contributed by atoms with Crippen LogP contribution in [0, 0.1) is 6.92 Å². The first-order valence-corrected chi connectivity index (χ1v) is 7.18. The molecule has 4 heteroatoms. The van der Waals surface area contributed by atoms with Crippen molar-refractivity contribution >= 4 is 17.4 Å². The van der Waals surface area contributed by atoms with Crippen molar-refractivity contribution < 1.29 is 0 Å². The van der Waals surface area contributed by atoms with Crippen LogP contribution in [-0.2, 0) is 13.0 Å². The smallest absolute Gasteiger partial charge is 0.132 e. The predicted molar refractivity (Wildman–Crippen MR) is 86.0 cm³/mol. The quantitative estimate of drug-likeness (QED) is 0.837. The number of aryl methyl sites for hydroxylation is 2. The van der Waals surface area contributed by atoms with E-state index in [0.717, 1.165) is 40.5 Å². The Morgan fingerprint density at radius 2 is 2.20 bits per heavy atom. The molecule has 1 heterocycles. The second-order valence-corrected chi connectivity index (χ2v) is 5.28. The number of hydrogen-bond donors (Lipinski definition) is 1. The lowest BCUT2D eigenvalue weighted by atomic mass is 10.1. The van der Waals surface area contributed by atoms with Gasteiger partial charge in [0.05, 0.1) is 0 Å². The second kappa shape index (κ2) is 6.14. The zero-order valence-corrected chi connectivity index (χ0v) is 12.7. The Morgan fingerprint density at radius 1 is 1.45 bits per heavy atom. The maximum absolute atomic E-state index is 6.25. The van der Waals surface area contributed by atoms with Crippen LogP contribution in [0.2, 0.25) is 5.02 Å². The van der Waals surface area contributed by atoms with E-state index in [1.807, 2.05) is 35.8 Å². The van der Waals surface area contributed by atoms with Gasteiger partial charge in [-0.25, -0.2) is 4.98 Å². The fraction of sp³-hybridized carbons (Fsp3) is 0.312. The lowest BCUT2D eigenvalue weighted by molar-refractivity contribution is 0.724. The molecule has 0 unspecified atom stereocenters. The van der Waals surface area contributed by atoms with E-state index in [1.165, 1.54) is 0 Å². The van der Waals surface area contributed by atoms with Crippen LogP contribution in [0.25, 0.3) is 11.3 Å². The summed E-state index contributed by atoms with van der Waals surface area (Å²) in [4.78, 5) is 4.69. The van der Waals surface area contributed by atoms with Crippen LogP contribution in [0.4, 0.5) is 5.82 Å². The van der Waals surface area contributed by atoms with Gasteiger partial charge in [-0.2, -0.15) is 0 Å². The summed E-state index contributed by atoms with van der Waals surface area (Å²) in [7, 11) is 0. The summed E-state index contributed by atoms with van der Waals surface area (Å²) >= 11 is 6.19. The van der Waals surface area contributed by atoms with Crippen molar-refractivity contribution in [3.8, 4) is 11.3 Å². The number of benzene rings is 1. The van der Waals surface area contributed by atoms with E-state index < -0.39 is 0 Å². The number of hydrogen-bond acceptors (Lipinski definition) is 2. The van der Waals surface area contributed by atoms with Gasteiger partial charge in [0.2, 0.25) is 0 Å². The number of rotatable bonds is 5. The molecule has 0 atom stereocenters. The topological polar surface area (TPSA) is 43.8 Å². The number of imidazole rings is 1. The van der Waals surface area contributed by atoms with Crippen molar-refractivity contribution in [2.75, 3.05) is 5.73 Å². The first-order valence-electron chi connectivity index (χ1n) is 6.80. The molecule has 0 aliphatic rings. The van der Waals surface area contributed by atoms with Crippen molar-refractivity contribution in [3.05, 3.63) is 47.3 Å². The highest BCUT2D eigenvalue weighted by atomic mass is 35.5. The third kappa shape index (κ3) is 2.73. The molecule has 20 heavy (non-hydrogen) atoms. The van der Waals surface area contributed by atoms with Gasteiger partial charge in [-0.3, -0.25) is 0 Å². The molecule has 1 aromatic carbocycles. The first-order chi connectivity index (χ1) is 9.58. The van der Waals surface area contributed by atoms with Gasteiger partial charge >= 0.3 is 0 Å². The molecule has 0 amide bonds. The van der Waals surface area contributed by atoms with Gasteiger partial charge < -0.3 is 10.3 Å². The van der Waals surface area contributed by atoms with Gasteiger partial charge in [-0.05, 0) is 25.0 Å². The molecular weight excluding hydrogens is 270 g/mol. The van der Waals surface area contributed by atoms with Crippen LogP contribution in [0.5, 0.6) is 0 Å². The Morgan fingerprint density at radius 3 is 2.80 bits per heavy atom. The normalized spacial score (nSPS) is 10.8. The van der Waals surface area contributed by atoms with Crippen molar-refractivity contribution in [3.63, 3.8) is 0 Å². The Balaban J connectivity index is 2.53. The van der Waals surface area contributed by atoms with Crippen LogP contribution in [0.3, 0.4) is 0 Å². The minimum Gasteiger partial charge on any atom is -0.383 e. The maximum Gasteiger partial charge on any atom is 0.132 e. The number of aromatic nitrogens is 2. The van der Waals surface area contributed by atoms with E-state index in [0.29, 0.717) is 12.4 Å². The maximum atomic E-state index is 6.25. The molecule has 0 spiro atoms. The lowest BCUT2D eigenvalue weighted by Crippen LogP contribution is -2.05. The number of allylic oxidation sites excluding steroid dienone is 1. The van der Waals surface area contributed by atoms with E-state index >= 15 is 0 Å². The standard InChI is InChI=1S/C16H20ClN3/c1-4-6-14-19-15(16(18)20(14)9-5-2)12-8-7-11(3)13(17)10-12/h5,7-8,10H,2,4,6,9,18H2,1,3H3. The molecule has 0 bridgehead atoms. The molecule has 0 aliphatic carbocycles. The average molecular weight is 290 g/mol. The van der Waals surface area contributed by atoms with Crippen molar-refractivity contribution in [2.24, 2.45) is 0 Å². The molecule has 1 aromatic heterocycles. The molecule has 0 fully saturated rings. The summed E-state index contributed by atoms with van der Waals surface area (Å²) in [6.07, 6.45) is 3.77. The number of anilines is 1. The number of nitrogens with two attached hydrogens (primary N) is 1. The summed E-state index contributed by atoms with van der Waals surface area (Å²) in [5, 5.41) is 0.734. The third-order valence-corrected chi connectivity index (χ3v) is 3.72. The van der Waals surface area contributed by atoms with Crippen LogP contribution in [0.1, 0.15) is 24.7 Å². The molecule has 0 saturated heterocycles. The predicted octanol–water partition coefficient (Wildman–Crippen LogP) is 4.23. The minimum atomic E-state index is 0.674. The van der Waals surface area contributed by atoms with Gasteiger partial charge in [-0.1, -0.05) is 36.7 Å². The minimum absolute atomic E-state index is 0.674. The SMILES string of the molecule is C=CCn1c(CCC)nc(-c2ccc(C)c(Cl)c2)c1N. The molecular formula is C16H20ClN3. The van der Waals surface area contributed by atoms with E-state index in [2.05, 4.69) is 13.5 Å². The Bertz CT molecular complexity index is 629. The van der Waals surface area contributed by atoms with Gasteiger partial charge in [0, 0.05) is 23.6 Å². The van der Waals surface area contributed by atoms with Crippen LogP contribution in [0.15, 0.2) is 30.9 Å². The number of nitrogen functional groups attached to an aromatic ring is 1. The Labute approximate surface area is 125 Å². The molecule has 2 N–H and O–H groups in total. The van der Waals surface area contributed by atoms with Crippen molar-refractivity contribution in [1.82, 2.24) is 9.55 Å². The summed E-state index contributed by atoms with van der Waals surface area (Å²) in [6, 6.07) is 5.92. The zero-order chi connectivity index (χ0) is 14.7. The van der Waals surface area contributed by atoms with Crippen molar-refractivity contribution in [2.45, 2.75) is 33.2 Å². The number of nitrogens with zero attached hydrogens (tertiary/aromatic N) is 2. The molecule has 106 valence electrons. The van der Waals surface area contributed by atoms with Gasteiger partial charge in [0.25, 0.3) is 0 Å². The third-order valence-electron chi connectivity index (χ3n) is 3.32. The van der Waals surface area contributed by atoms with E-state index in [9.17, 15) is 0 Å². The highest BCUT2D eigenvalue weighted by Gasteiger charge is 2.15. The zero-order valence-electron chi connectivity index (χ0n) is 12.0. The van der Waals surface area contributed by atoms with Crippen molar-refractivity contribution in [1.29, 1.82) is 0 Å². The fourth-order valence-electron chi connectivity index (χ4n) is 2.21. The molecule has 0 radical (unpaired) electrons. The highest BCUT2D eigenvalue weighted by molar-refractivity contribution is 6.31. The lowest BCUT2D eigenvalue weighted by Gasteiger charge is -2.06. The molecule has 2 aromatic rings.